The molecule has 3 N–H and O–H groups in total. The second-order valence-corrected chi connectivity index (χ2v) is 7.19. The van der Waals surface area contributed by atoms with Gasteiger partial charge in [0.25, 0.3) is 0 Å². The van der Waals surface area contributed by atoms with Crippen LogP contribution >= 0.6 is 11.8 Å². The molecular weight excluding hydrogens is 390 g/mol. The Hall–Kier alpha value is -2.74. The first kappa shape index (κ1) is 22.5. The molecule has 8 heteroatoms. The Kier molecular flexibility index (Phi) is 8.33. The van der Waals surface area contributed by atoms with Crippen molar-refractivity contribution in [3.8, 4) is 0 Å². The Morgan fingerprint density at radius 1 is 1.10 bits per heavy atom. The summed E-state index contributed by atoms with van der Waals surface area (Å²) in [4.78, 5) is 29.7. The van der Waals surface area contributed by atoms with Gasteiger partial charge in [0.05, 0.1) is 30.3 Å². The lowest BCUT2D eigenvalue weighted by Gasteiger charge is -2.31. The smallest absolute Gasteiger partial charge is 0.336 e. The number of esters is 2. The van der Waals surface area contributed by atoms with Crippen molar-refractivity contribution in [1.29, 1.82) is 0 Å². The highest BCUT2D eigenvalue weighted by atomic mass is 32.2. The van der Waals surface area contributed by atoms with Gasteiger partial charge in [0.15, 0.2) is 5.17 Å². The number of ether oxygens (including phenoxy) is 2. The van der Waals surface area contributed by atoms with Gasteiger partial charge in [0.1, 0.15) is 0 Å². The van der Waals surface area contributed by atoms with Crippen LogP contribution in [0.2, 0.25) is 0 Å². The number of rotatable bonds is 7. The summed E-state index contributed by atoms with van der Waals surface area (Å²) in [6, 6.07) is 9.39. The van der Waals surface area contributed by atoms with Gasteiger partial charge in [-0.1, -0.05) is 42.1 Å². The molecule has 0 aromatic heterocycles. The quantitative estimate of drug-likeness (QED) is 0.399. The van der Waals surface area contributed by atoms with E-state index < -0.39 is 17.9 Å². The molecule has 0 bridgehead atoms. The molecule has 1 aliphatic heterocycles. The van der Waals surface area contributed by atoms with Crippen LogP contribution in [0.5, 0.6) is 0 Å². The predicted octanol–water partition coefficient (Wildman–Crippen LogP) is 2.71. The maximum absolute atomic E-state index is 13.0. The topological polar surface area (TPSA) is 103 Å². The SMILES string of the molecule is CCOC(=O)C1=C(C)NC(CSC(N)=NC)=C(C(=O)OCC)C1c1ccccc1. The van der Waals surface area contributed by atoms with Gasteiger partial charge in [-0.15, -0.1) is 0 Å². The molecule has 0 saturated heterocycles. The van der Waals surface area contributed by atoms with Crippen molar-refractivity contribution in [2.75, 3.05) is 26.0 Å². The van der Waals surface area contributed by atoms with E-state index in [0.717, 1.165) is 5.56 Å². The van der Waals surface area contributed by atoms with Crippen LogP contribution in [0.1, 0.15) is 32.3 Å². The van der Waals surface area contributed by atoms with Crippen molar-refractivity contribution in [2.45, 2.75) is 26.7 Å². The molecular formula is C21H27N3O4S. The lowest BCUT2D eigenvalue weighted by molar-refractivity contribution is -0.139. The van der Waals surface area contributed by atoms with Gasteiger partial charge in [0, 0.05) is 24.2 Å². The maximum Gasteiger partial charge on any atom is 0.336 e. The third kappa shape index (κ3) is 5.41. The average molecular weight is 418 g/mol. The van der Waals surface area contributed by atoms with Crippen molar-refractivity contribution in [3.63, 3.8) is 0 Å². The summed E-state index contributed by atoms with van der Waals surface area (Å²) in [5.41, 5.74) is 8.67. The van der Waals surface area contributed by atoms with Gasteiger partial charge in [-0.3, -0.25) is 4.99 Å². The molecule has 0 amide bonds. The van der Waals surface area contributed by atoms with Crippen molar-refractivity contribution in [2.24, 2.45) is 10.7 Å². The standard InChI is InChI=1S/C21H27N3O4S/c1-5-27-19(25)16-13(3)24-15(12-29-21(22)23-4)18(20(26)28-6-2)17(16)14-10-8-7-9-11-14/h7-11,17,24H,5-6,12H2,1-4H3,(H2,22,23). The van der Waals surface area contributed by atoms with E-state index in [1.165, 1.54) is 11.8 Å². The first-order valence-electron chi connectivity index (χ1n) is 9.39. The van der Waals surface area contributed by atoms with Crippen molar-refractivity contribution in [3.05, 3.63) is 58.4 Å². The number of aliphatic imine (C=N–C) groups is 1. The summed E-state index contributed by atoms with van der Waals surface area (Å²) in [5, 5.41) is 3.60. The van der Waals surface area contributed by atoms with Crippen LogP contribution in [0.25, 0.3) is 0 Å². The highest BCUT2D eigenvalue weighted by Crippen LogP contribution is 2.39. The average Bonchev–Trinajstić information content (AvgIpc) is 2.72. The fraction of sp³-hybridized carbons (Fsp3) is 0.381. The number of allylic oxidation sites excluding steroid dienone is 1. The number of hydrogen-bond donors (Lipinski definition) is 2. The van der Waals surface area contributed by atoms with Crippen LogP contribution in [0.4, 0.5) is 0 Å². The van der Waals surface area contributed by atoms with Gasteiger partial charge in [-0.05, 0) is 26.3 Å². The fourth-order valence-electron chi connectivity index (χ4n) is 3.13. The van der Waals surface area contributed by atoms with Crippen LogP contribution in [0.15, 0.2) is 57.9 Å². The summed E-state index contributed by atoms with van der Waals surface area (Å²) >= 11 is 1.30. The lowest BCUT2D eigenvalue weighted by atomic mass is 9.80. The molecule has 1 aromatic carbocycles. The zero-order valence-corrected chi connectivity index (χ0v) is 18.0. The third-order valence-corrected chi connectivity index (χ3v) is 5.26. The van der Waals surface area contributed by atoms with E-state index >= 15 is 0 Å². The van der Waals surface area contributed by atoms with Crippen LogP contribution in [0, 0.1) is 0 Å². The minimum Gasteiger partial charge on any atom is -0.463 e. The molecule has 29 heavy (non-hydrogen) atoms. The van der Waals surface area contributed by atoms with E-state index in [4.69, 9.17) is 15.2 Å². The summed E-state index contributed by atoms with van der Waals surface area (Å²) in [6.07, 6.45) is 0. The Balaban J connectivity index is 2.64. The number of hydrogen-bond acceptors (Lipinski definition) is 7. The molecule has 1 unspecified atom stereocenters. The van der Waals surface area contributed by atoms with E-state index in [0.29, 0.717) is 33.5 Å². The number of carbonyl (C=O) groups excluding carboxylic acids is 2. The number of thioether (sulfide) groups is 1. The number of dihydropyridines is 1. The second-order valence-electron chi connectivity index (χ2n) is 6.19. The fourth-order valence-corrected chi connectivity index (χ4v) is 3.78. The zero-order valence-electron chi connectivity index (χ0n) is 17.2. The molecule has 1 atom stereocenters. The summed E-state index contributed by atoms with van der Waals surface area (Å²) in [6.45, 7) is 5.75. The monoisotopic (exact) mass is 417 g/mol. The number of nitrogens with two attached hydrogens (primary N) is 1. The van der Waals surface area contributed by atoms with E-state index in [9.17, 15) is 9.59 Å². The van der Waals surface area contributed by atoms with Gasteiger partial charge >= 0.3 is 11.9 Å². The molecule has 2 rings (SSSR count). The van der Waals surface area contributed by atoms with Crippen molar-refractivity contribution >= 4 is 28.9 Å². The molecule has 0 fully saturated rings. The molecule has 156 valence electrons. The molecule has 0 radical (unpaired) electrons. The number of nitrogens with one attached hydrogen (secondary N) is 1. The van der Waals surface area contributed by atoms with E-state index in [-0.39, 0.29) is 13.2 Å². The van der Waals surface area contributed by atoms with Crippen LogP contribution < -0.4 is 11.1 Å². The first-order chi connectivity index (χ1) is 13.9. The normalized spacial score (nSPS) is 17.1. The lowest BCUT2D eigenvalue weighted by Crippen LogP contribution is -2.34. The van der Waals surface area contributed by atoms with Crippen LogP contribution in [0.3, 0.4) is 0 Å². The number of carbonyl (C=O) groups is 2. The van der Waals surface area contributed by atoms with E-state index in [2.05, 4.69) is 10.3 Å². The molecule has 7 nitrogen and oxygen atoms in total. The van der Waals surface area contributed by atoms with Crippen molar-refractivity contribution in [1.82, 2.24) is 5.32 Å². The number of amidine groups is 1. The minimum absolute atomic E-state index is 0.222. The minimum atomic E-state index is -0.606. The van der Waals surface area contributed by atoms with Crippen LogP contribution in [-0.2, 0) is 19.1 Å². The predicted molar refractivity (Wildman–Crippen MR) is 115 cm³/mol. The third-order valence-electron chi connectivity index (χ3n) is 4.35. The zero-order chi connectivity index (χ0) is 21.4. The molecule has 1 heterocycles. The number of nitrogens with zero attached hydrogens (tertiary/aromatic N) is 1. The molecule has 0 aliphatic carbocycles. The maximum atomic E-state index is 13.0. The summed E-state index contributed by atoms with van der Waals surface area (Å²) in [7, 11) is 1.61. The summed E-state index contributed by atoms with van der Waals surface area (Å²) < 4.78 is 10.6. The summed E-state index contributed by atoms with van der Waals surface area (Å²) in [5.74, 6) is -1.17. The van der Waals surface area contributed by atoms with Gasteiger partial charge < -0.3 is 20.5 Å². The highest BCUT2D eigenvalue weighted by molar-refractivity contribution is 8.13. The second kappa shape index (κ2) is 10.7. The molecule has 1 aliphatic rings. The number of benzene rings is 1. The van der Waals surface area contributed by atoms with E-state index in [1.807, 2.05) is 30.3 Å². The molecule has 1 aromatic rings. The Bertz CT molecular complexity index is 847. The first-order valence-corrected chi connectivity index (χ1v) is 10.4. The van der Waals surface area contributed by atoms with Crippen molar-refractivity contribution < 1.29 is 19.1 Å². The Morgan fingerprint density at radius 3 is 2.24 bits per heavy atom. The van der Waals surface area contributed by atoms with Gasteiger partial charge in [0.2, 0.25) is 0 Å². The van der Waals surface area contributed by atoms with Gasteiger partial charge in [-0.2, -0.15) is 0 Å². The molecule has 0 spiro atoms. The van der Waals surface area contributed by atoms with Gasteiger partial charge in [-0.25, -0.2) is 9.59 Å². The molecule has 0 saturated carbocycles. The Labute approximate surface area is 175 Å². The van der Waals surface area contributed by atoms with Crippen LogP contribution in [-0.4, -0.2) is 43.1 Å². The Morgan fingerprint density at radius 2 is 1.69 bits per heavy atom. The highest BCUT2D eigenvalue weighted by Gasteiger charge is 2.38. The largest absolute Gasteiger partial charge is 0.463 e. The van der Waals surface area contributed by atoms with E-state index in [1.54, 1.807) is 27.8 Å².